The van der Waals surface area contributed by atoms with Crippen molar-refractivity contribution in [2.24, 2.45) is 4.99 Å². The van der Waals surface area contributed by atoms with E-state index in [-0.39, 0.29) is 6.61 Å². The van der Waals surface area contributed by atoms with Crippen LogP contribution in [0.4, 0.5) is 10.7 Å². The number of nitrogens with one attached hydrogen (secondary N) is 3. The Morgan fingerprint density at radius 1 is 1.23 bits per heavy atom. The average Bonchev–Trinajstić information content (AvgIpc) is 3.46. The van der Waals surface area contributed by atoms with Crippen LogP contribution < -0.4 is 20.8 Å². The zero-order valence-electron chi connectivity index (χ0n) is 19.0. The molecule has 0 saturated carbocycles. The second-order valence-corrected chi connectivity index (χ2v) is 9.90. The van der Waals surface area contributed by atoms with Gasteiger partial charge >= 0.3 is 0 Å². The van der Waals surface area contributed by atoms with Crippen molar-refractivity contribution in [1.82, 2.24) is 15.4 Å². The SMILES string of the molecule is OCCN1NCC2=C1CCc1c2sc2c1C(Nc1ccc(OCc3ccccn3)c(Cl)c1)=NCN2. The Balaban J connectivity index is 1.22. The van der Waals surface area contributed by atoms with Crippen molar-refractivity contribution in [3.05, 3.63) is 75.0 Å². The van der Waals surface area contributed by atoms with Gasteiger partial charge in [0.1, 0.15) is 29.9 Å². The lowest BCUT2D eigenvalue weighted by Crippen LogP contribution is -2.34. The number of fused-ring (bicyclic) bond motifs is 4. The number of allylic oxidation sites excluding steroid dienone is 1. The normalized spacial score (nSPS) is 16.3. The zero-order chi connectivity index (χ0) is 23.8. The number of amidine groups is 1. The number of nitrogens with zero attached hydrogens (tertiary/aromatic N) is 3. The summed E-state index contributed by atoms with van der Waals surface area (Å²) in [6, 6.07) is 11.4. The van der Waals surface area contributed by atoms with E-state index >= 15 is 0 Å². The molecule has 1 aromatic carbocycles. The maximum Gasteiger partial charge on any atom is 0.138 e. The molecule has 10 heteroatoms. The summed E-state index contributed by atoms with van der Waals surface area (Å²) in [5.74, 6) is 1.47. The molecule has 0 atom stereocenters. The van der Waals surface area contributed by atoms with Gasteiger partial charge in [-0.3, -0.25) is 4.98 Å². The zero-order valence-corrected chi connectivity index (χ0v) is 20.5. The molecule has 0 fully saturated rings. The Morgan fingerprint density at radius 2 is 2.17 bits per heavy atom. The molecule has 3 aliphatic rings. The molecule has 0 amide bonds. The van der Waals surface area contributed by atoms with Crippen LogP contribution in [0.25, 0.3) is 5.57 Å². The molecule has 0 spiro atoms. The summed E-state index contributed by atoms with van der Waals surface area (Å²) >= 11 is 8.32. The molecule has 2 aliphatic heterocycles. The lowest BCUT2D eigenvalue weighted by Gasteiger charge is -2.24. The van der Waals surface area contributed by atoms with E-state index in [4.69, 9.17) is 21.3 Å². The molecular weight excluding hydrogens is 484 g/mol. The average molecular weight is 509 g/mol. The molecule has 0 bridgehead atoms. The van der Waals surface area contributed by atoms with Crippen LogP contribution in [-0.2, 0) is 13.0 Å². The van der Waals surface area contributed by atoms with E-state index in [1.807, 2.05) is 36.4 Å². The highest BCUT2D eigenvalue weighted by atomic mass is 35.5. The number of hydrogen-bond donors (Lipinski definition) is 4. The van der Waals surface area contributed by atoms with Gasteiger partial charge in [-0.2, -0.15) is 0 Å². The van der Waals surface area contributed by atoms with Crippen molar-refractivity contribution >= 4 is 45.0 Å². The first-order chi connectivity index (χ1) is 17.2. The third-order valence-electron chi connectivity index (χ3n) is 6.35. The summed E-state index contributed by atoms with van der Waals surface area (Å²) in [6.07, 6.45) is 3.63. The van der Waals surface area contributed by atoms with Crippen LogP contribution in [0, 0.1) is 0 Å². The molecule has 4 N–H and O–H groups in total. The molecule has 3 aromatic rings. The maximum absolute atomic E-state index is 9.38. The number of benzene rings is 1. The first-order valence-electron chi connectivity index (χ1n) is 11.6. The molecule has 8 nitrogen and oxygen atoms in total. The number of rotatable bonds is 6. The summed E-state index contributed by atoms with van der Waals surface area (Å²) in [5.41, 5.74) is 10.2. The molecule has 0 unspecified atom stereocenters. The third-order valence-corrected chi connectivity index (χ3v) is 7.89. The van der Waals surface area contributed by atoms with Crippen molar-refractivity contribution in [1.29, 1.82) is 0 Å². The Hall–Kier alpha value is -3.11. The molecule has 6 rings (SSSR count). The van der Waals surface area contributed by atoms with E-state index in [9.17, 15) is 5.11 Å². The van der Waals surface area contributed by atoms with Crippen molar-refractivity contribution in [3.63, 3.8) is 0 Å². The van der Waals surface area contributed by atoms with E-state index in [1.165, 1.54) is 21.7 Å². The quantitative estimate of drug-likeness (QED) is 0.398. The molecule has 4 heterocycles. The largest absolute Gasteiger partial charge is 0.486 e. The number of hydrazine groups is 1. The minimum absolute atomic E-state index is 0.134. The lowest BCUT2D eigenvalue weighted by molar-refractivity contribution is 0.195. The molecular formula is C25H25ClN6O2S. The number of β-amino-alcohol motifs (C(OH)–C–C–N with tert-alkyl or cyclic N) is 1. The maximum atomic E-state index is 9.38. The first kappa shape index (κ1) is 22.4. The predicted octanol–water partition coefficient (Wildman–Crippen LogP) is 4.09. The summed E-state index contributed by atoms with van der Waals surface area (Å²) in [6.45, 7) is 2.41. The van der Waals surface area contributed by atoms with Crippen LogP contribution >= 0.6 is 22.9 Å². The smallest absolute Gasteiger partial charge is 0.138 e. The highest BCUT2D eigenvalue weighted by Crippen LogP contribution is 2.46. The number of ether oxygens (including phenoxy) is 1. The number of aromatic nitrogens is 1. The Kier molecular flexibility index (Phi) is 6.07. The van der Waals surface area contributed by atoms with E-state index in [1.54, 1.807) is 17.5 Å². The third kappa shape index (κ3) is 4.25. The first-order valence-corrected chi connectivity index (χ1v) is 12.8. The Morgan fingerprint density at radius 3 is 3.00 bits per heavy atom. The molecule has 35 heavy (non-hydrogen) atoms. The standard InChI is InChI=1S/C25H25ClN6O2S/c26-19-11-15(4-7-21(19)34-13-16-3-1-2-8-27-16)31-24-22-17-5-6-20-18(12-30-32(20)9-10-33)23(17)35-25(22)29-14-28-24/h1-4,7-8,11,29-30,33H,5-6,9-10,12-14H2,(H,28,31). The highest BCUT2D eigenvalue weighted by molar-refractivity contribution is 7.18. The number of aliphatic hydroxyl groups is 1. The van der Waals surface area contributed by atoms with Crippen LogP contribution in [0.1, 0.15) is 28.1 Å². The van der Waals surface area contributed by atoms with Crippen molar-refractivity contribution < 1.29 is 9.84 Å². The van der Waals surface area contributed by atoms with Gasteiger partial charge in [0.15, 0.2) is 0 Å². The van der Waals surface area contributed by atoms with Crippen molar-refractivity contribution in [2.45, 2.75) is 19.4 Å². The Labute approximate surface area is 212 Å². The van der Waals surface area contributed by atoms with Gasteiger partial charge in [0.25, 0.3) is 0 Å². The van der Waals surface area contributed by atoms with Gasteiger partial charge in [-0.25, -0.2) is 10.4 Å². The van der Waals surface area contributed by atoms with Crippen LogP contribution in [0.5, 0.6) is 5.75 Å². The van der Waals surface area contributed by atoms with E-state index in [0.717, 1.165) is 47.2 Å². The number of pyridine rings is 1. The van der Waals surface area contributed by atoms with Crippen LogP contribution in [0.2, 0.25) is 5.02 Å². The fraction of sp³-hybridized carbons (Fsp3) is 0.280. The minimum Gasteiger partial charge on any atom is -0.486 e. The fourth-order valence-electron chi connectivity index (χ4n) is 4.75. The number of anilines is 2. The summed E-state index contributed by atoms with van der Waals surface area (Å²) in [7, 11) is 0. The molecule has 2 aromatic heterocycles. The van der Waals surface area contributed by atoms with Crippen LogP contribution in [0.15, 0.2) is 53.3 Å². The van der Waals surface area contributed by atoms with Gasteiger partial charge in [-0.05, 0) is 48.7 Å². The van der Waals surface area contributed by atoms with Gasteiger partial charge in [-0.15, -0.1) is 11.3 Å². The van der Waals surface area contributed by atoms with Gasteiger partial charge < -0.3 is 25.5 Å². The highest BCUT2D eigenvalue weighted by Gasteiger charge is 2.34. The second-order valence-electron chi connectivity index (χ2n) is 8.47. The van der Waals surface area contributed by atoms with Gasteiger partial charge in [-0.1, -0.05) is 17.7 Å². The van der Waals surface area contributed by atoms with Gasteiger partial charge in [0.05, 0.1) is 29.4 Å². The molecule has 1 aliphatic carbocycles. The number of thiophene rings is 1. The van der Waals surface area contributed by atoms with Crippen molar-refractivity contribution in [3.8, 4) is 5.75 Å². The number of hydrogen-bond acceptors (Lipinski definition) is 9. The topological polar surface area (TPSA) is 94.0 Å². The fourth-order valence-corrected chi connectivity index (χ4v) is 6.29. The number of halogens is 1. The van der Waals surface area contributed by atoms with E-state index < -0.39 is 0 Å². The van der Waals surface area contributed by atoms with Gasteiger partial charge in [0.2, 0.25) is 0 Å². The minimum atomic E-state index is 0.134. The molecule has 180 valence electrons. The van der Waals surface area contributed by atoms with E-state index in [2.05, 4.69) is 26.1 Å². The summed E-state index contributed by atoms with van der Waals surface area (Å²) in [4.78, 5) is 10.3. The number of aliphatic hydroxyl groups excluding tert-OH is 1. The second kappa shape index (κ2) is 9.50. The monoisotopic (exact) mass is 508 g/mol. The summed E-state index contributed by atoms with van der Waals surface area (Å²) in [5, 5.41) is 20.1. The molecule has 0 saturated heterocycles. The lowest BCUT2D eigenvalue weighted by atomic mass is 9.92. The Bertz CT molecular complexity index is 1320. The van der Waals surface area contributed by atoms with Crippen molar-refractivity contribution in [2.75, 3.05) is 37.0 Å². The van der Waals surface area contributed by atoms with Crippen LogP contribution in [-0.4, -0.2) is 47.3 Å². The van der Waals surface area contributed by atoms with Crippen LogP contribution in [0.3, 0.4) is 0 Å². The summed E-state index contributed by atoms with van der Waals surface area (Å²) < 4.78 is 5.86. The number of aliphatic imine (C=N–C) groups is 1. The predicted molar refractivity (Wildman–Crippen MR) is 140 cm³/mol. The molecule has 0 radical (unpaired) electrons. The van der Waals surface area contributed by atoms with E-state index in [0.29, 0.717) is 30.6 Å². The van der Waals surface area contributed by atoms with Gasteiger partial charge in [0, 0.05) is 34.6 Å².